The summed E-state index contributed by atoms with van der Waals surface area (Å²) >= 11 is 5.94. The molecule has 1 heterocycles. The lowest BCUT2D eigenvalue weighted by Crippen LogP contribution is -2.18. The average Bonchev–Trinajstić information content (AvgIpc) is 2.49. The molecule has 2 aromatic rings. The molecule has 0 aliphatic carbocycles. The summed E-state index contributed by atoms with van der Waals surface area (Å²) in [7, 11) is -3.92. The normalized spacial score (nSPS) is 10.7. The number of hydrazine groups is 1. The highest BCUT2D eigenvalue weighted by molar-refractivity contribution is 7.92. The van der Waals surface area contributed by atoms with Crippen LogP contribution >= 0.6 is 11.6 Å². The van der Waals surface area contributed by atoms with Crippen molar-refractivity contribution in [1.82, 2.24) is 4.98 Å². The van der Waals surface area contributed by atoms with Crippen molar-refractivity contribution in [3.05, 3.63) is 47.1 Å². The van der Waals surface area contributed by atoms with Gasteiger partial charge in [0.25, 0.3) is 10.0 Å². The van der Waals surface area contributed by atoms with Gasteiger partial charge in [-0.1, -0.05) is 11.6 Å². The first-order valence-electron chi connectivity index (χ1n) is 5.62. The maximum atomic E-state index is 12.3. The molecule has 108 valence electrons. The second kappa shape index (κ2) is 5.97. The van der Waals surface area contributed by atoms with Gasteiger partial charge in [0.1, 0.15) is 4.90 Å². The minimum absolute atomic E-state index is 0.00904. The topological polar surface area (TPSA) is 121 Å². The first-order chi connectivity index (χ1) is 9.97. The summed E-state index contributed by atoms with van der Waals surface area (Å²) in [6.45, 7) is 0. The Bertz CT molecular complexity index is 817. The van der Waals surface area contributed by atoms with Gasteiger partial charge < -0.3 is 5.43 Å². The fourth-order valence-electron chi connectivity index (χ4n) is 1.58. The SMILES string of the molecule is N#Cc1ccc(NS(=O)(=O)c2cccnc2NN)c(Cl)c1. The maximum Gasteiger partial charge on any atom is 0.265 e. The molecule has 0 aliphatic rings. The number of benzene rings is 1. The fourth-order valence-corrected chi connectivity index (χ4v) is 3.07. The number of nitriles is 1. The molecule has 0 amide bonds. The van der Waals surface area contributed by atoms with Crippen LogP contribution in [-0.2, 0) is 10.0 Å². The standard InChI is InChI=1S/C12H10ClN5O2S/c13-9-6-8(7-14)3-4-10(9)18-21(19,20)11-2-1-5-16-12(11)17-15/h1-6,18H,15H2,(H,16,17). The van der Waals surface area contributed by atoms with Crippen molar-refractivity contribution in [2.75, 3.05) is 10.1 Å². The monoisotopic (exact) mass is 323 g/mol. The summed E-state index contributed by atoms with van der Waals surface area (Å²) in [6.07, 6.45) is 1.41. The maximum absolute atomic E-state index is 12.3. The van der Waals surface area contributed by atoms with Gasteiger partial charge in [0, 0.05) is 6.20 Å². The molecule has 0 unspecified atom stereocenters. The number of pyridine rings is 1. The molecule has 4 N–H and O–H groups in total. The van der Waals surface area contributed by atoms with Crippen LogP contribution in [0.4, 0.5) is 11.5 Å². The van der Waals surface area contributed by atoms with Gasteiger partial charge in [0.2, 0.25) is 0 Å². The first-order valence-corrected chi connectivity index (χ1v) is 7.48. The molecular weight excluding hydrogens is 314 g/mol. The molecule has 0 saturated carbocycles. The second-order valence-electron chi connectivity index (χ2n) is 3.91. The summed E-state index contributed by atoms with van der Waals surface area (Å²) in [6, 6.07) is 8.95. The molecule has 0 bridgehead atoms. The highest BCUT2D eigenvalue weighted by atomic mass is 35.5. The summed E-state index contributed by atoms with van der Waals surface area (Å²) in [5.74, 6) is 5.25. The Morgan fingerprint density at radius 2 is 2.10 bits per heavy atom. The van der Waals surface area contributed by atoms with Crippen LogP contribution in [-0.4, -0.2) is 13.4 Å². The van der Waals surface area contributed by atoms with Gasteiger partial charge in [-0.05, 0) is 30.3 Å². The van der Waals surface area contributed by atoms with Crippen molar-refractivity contribution >= 4 is 33.1 Å². The van der Waals surface area contributed by atoms with Crippen molar-refractivity contribution in [2.24, 2.45) is 5.84 Å². The third-order valence-electron chi connectivity index (χ3n) is 2.54. The molecule has 2 rings (SSSR count). The molecule has 0 atom stereocenters. The van der Waals surface area contributed by atoms with Gasteiger partial charge in [-0.3, -0.25) is 4.72 Å². The van der Waals surface area contributed by atoms with Crippen LogP contribution in [0.2, 0.25) is 5.02 Å². The van der Waals surface area contributed by atoms with Crippen LogP contribution in [0.15, 0.2) is 41.4 Å². The van der Waals surface area contributed by atoms with Crippen molar-refractivity contribution in [2.45, 2.75) is 4.90 Å². The van der Waals surface area contributed by atoms with Gasteiger partial charge in [-0.2, -0.15) is 5.26 Å². The van der Waals surface area contributed by atoms with E-state index in [4.69, 9.17) is 22.7 Å². The Hall–Kier alpha value is -2.34. The Kier molecular flexibility index (Phi) is 4.28. The number of halogens is 1. The van der Waals surface area contributed by atoms with Crippen molar-refractivity contribution in [3.8, 4) is 6.07 Å². The molecule has 0 fully saturated rings. The number of nitrogen functional groups attached to an aromatic ring is 1. The molecule has 0 aliphatic heterocycles. The molecule has 21 heavy (non-hydrogen) atoms. The van der Waals surface area contributed by atoms with Crippen LogP contribution in [0.25, 0.3) is 0 Å². The molecule has 1 aromatic carbocycles. The number of hydrogen-bond donors (Lipinski definition) is 3. The van der Waals surface area contributed by atoms with Crippen molar-refractivity contribution in [1.29, 1.82) is 5.26 Å². The molecule has 9 heteroatoms. The predicted octanol–water partition coefficient (Wildman–Crippen LogP) is 1.69. The highest BCUT2D eigenvalue weighted by Gasteiger charge is 2.20. The minimum atomic E-state index is -3.92. The van der Waals surface area contributed by atoms with E-state index in [-0.39, 0.29) is 21.4 Å². The third-order valence-corrected chi connectivity index (χ3v) is 4.25. The zero-order chi connectivity index (χ0) is 15.5. The number of nitrogens with one attached hydrogen (secondary N) is 2. The van der Waals surface area contributed by atoms with E-state index in [1.54, 1.807) is 0 Å². The zero-order valence-electron chi connectivity index (χ0n) is 10.5. The lowest BCUT2D eigenvalue weighted by atomic mass is 10.2. The second-order valence-corrected chi connectivity index (χ2v) is 5.96. The van der Waals surface area contributed by atoms with Crippen molar-refractivity contribution in [3.63, 3.8) is 0 Å². The number of hydrogen-bond acceptors (Lipinski definition) is 6. The highest BCUT2D eigenvalue weighted by Crippen LogP contribution is 2.27. The number of rotatable bonds is 4. The van der Waals surface area contributed by atoms with Crippen LogP contribution in [0.1, 0.15) is 5.56 Å². The largest absolute Gasteiger partial charge is 0.307 e. The number of sulfonamides is 1. The van der Waals surface area contributed by atoms with Gasteiger partial charge >= 0.3 is 0 Å². The Morgan fingerprint density at radius 1 is 1.33 bits per heavy atom. The van der Waals surface area contributed by atoms with Crippen LogP contribution in [0, 0.1) is 11.3 Å². The van der Waals surface area contributed by atoms with Gasteiger partial charge in [0.15, 0.2) is 5.82 Å². The van der Waals surface area contributed by atoms with Gasteiger partial charge in [-0.25, -0.2) is 19.2 Å². The first kappa shape index (κ1) is 15.1. The van der Waals surface area contributed by atoms with Gasteiger partial charge in [-0.15, -0.1) is 0 Å². The summed E-state index contributed by atoms with van der Waals surface area (Å²) in [5, 5.41) is 8.87. The Balaban J connectivity index is 2.41. The number of nitrogens with two attached hydrogens (primary N) is 1. The lowest BCUT2D eigenvalue weighted by molar-refractivity contribution is 0.601. The van der Waals surface area contributed by atoms with E-state index in [0.29, 0.717) is 5.56 Å². The molecular formula is C12H10ClN5O2S. The Labute approximate surface area is 126 Å². The number of nitrogens with zero attached hydrogens (tertiary/aromatic N) is 2. The summed E-state index contributed by atoms with van der Waals surface area (Å²) in [5.41, 5.74) is 2.70. The third kappa shape index (κ3) is 3.22. The minimum Gasteiger partial charge on any atom is -0.307 e. The predicted molar refractivity (Wildman–Crippen MR) is 79.0 cm³/mol. The molecule has 0 saturated heterocycles. The quantitative estimate of drug-likeness (QED) is 0.581. The van der Waals surface area contributed by atoms with Gasteiger partial charge in [0.05, 0.1) is 22.3 Å². The molecule has 0 radical (unpaired) electrons. The molecule has 1 aromatic heterocycles. The smallest absolute Gasteiger partial charge is 0.265 e. The fraction of sp³-hybridized carbons (Fsp3) is 0. The molecule has 7 nitrogen and oxygen atoms in total. The van der Waals surface area contributed by atoms with Crippen LogP contribution < -0.4 is 16.0 Å². The zero-order valence-corrected chi connectivity index (χ0v) is 12.1. The average molecular weight is 324 g/mol. The molecule has 0 spiro atoms. The van der Waals surface area contributed by atoms with Crippen LogP contribution in [0.3, 0.4) is 0 Å². The number of aromatic nitrogens is 1. The van der Waals surface area contributed by atoms with Crippen LogP contribution in [0.5, 0.6) is 0 Å². The van der Waals surface area contributed by atoms with Crippen molar-refractivity contribution < 1.29 is 8.42 Å². The van der Waals surface area contributed by atoms with E-state index in [2.05, 4.69) is 15.1 Å². The number of anilines is 2. The van der Waals surface area contributed by atoms with E-state index in [9.17, 15) is 8.42 Å². The summed E-state index contributed by atoms with van der Waals surface area (Å²) < 4.78 is 27.0. The van der Waals surface area contributed by atoms with E-state index in [0.717, 1.165) is 0 Å². The summed E-state index contributed by atoms with van der Waals surface area (Å²) in [4.78, 5) is 3.71. The Morgan fingerprint density at radius 3 is 2.71 bits per heavy atom. The van der Waals surface area contributed by atoms with E-state index in [1.807, 2.05) is 6.07 Å². The van der Waals surface area contributed by atoms with E-state index < -0.39 is 10.0 Å². The van der Waals surface area contributed by atoms with E-state index >= 15 is 0 Å². The van der Waals surface area contributed by atoms with E-state index in [1.165, 1.54) is 36.5 Å². The lowest BCUT2D eigenvalue weighted by Gasteiger charge is -2.12.